The molecule has 0 aromatic heterocycles. The van der Waals surface area contributed by atoms with Gasteiger partial charge >= 0.3 is 5.97 Å². The summed E-state index contributed by atoms with van der Waals surface area (Å²) >= 11 is 0. The van der Waals surface area contributed by atoms with E-state index >= 15 is 0 Å². The van der Waals surface area contributed by atoms with Gasteiger partial charge in [0.2, 0.25) is 0 Å². The molecule has 2 rings (SSSR count). The smallest absolute Gasteiger partial charge is 0.317 e. The summed E-state index contributed by atoms with van der Waals surface area (Å²) in [6, 6.07) is 0. The van der Waals surface area contributed by atoms with E-state index < -0.39 is 5.97 Å². The first kappa shape index (κ1) is 14.8. The summed E-state index contributed by atoms with van der Waals surface area (Å²) in [6.07, 6.45) is 3.67. The van der Waals surface area contributed by atoms with Crippen molar-refractivity contribution in [3.63, 3.8) is 0 Å². The summed E-state index contributed by atoms with van der Waals surface area (Å²) in [7, 11) is 0. The van der Waals surface area contributed by atoms with Crippen molar-refractivity contribution in [2.45, 2.75) is 44.8 Å². The number of nitrogens with zero attached hydrogens (tertiary/aromatic N) is 2. The van der Waals surface area contributed by atoms with Crippen molar-refractivity contribution in [1.82, 2.24) is 9.80 Å². The number of hydrogen-bond donors (Lipinski definition) is 1. The molecule has 0 amide bonds. The SMILES string of the molecule is CC1(C)CCC(CN2CCCN(CC(=O)O)CC2)O1. The summed E-state index contributed by atoms with van der Waals surface area (Å²) in [5.74, 6) is -0.727. The molecule has 1 N–H and O–H groups in total. The maximum atomic E-state index is 10.7. The molecule has 0 aromatic carbocycles. The lowest BCUT2D eigenvalue weighted by Gasteiger charge is -2.25. The van der Waals surface area contributed by atoms with Crippen LogP contribution in [0.2, 0.25) is 0 Å². The van der Waals surface area contributed by atoms with Gasteiger partial charge in [0.25, 0.3) is 0 Å². The van der Waals surface area contributed by atoms with E-state index in [1.54, 1.807) is 0 Å². The van der Waals surface area contributed by atoms with E-state index in [0.717, 1.165) is 52.0 Å². The van der Waals surface area contributed by atoms with Gasteiger partial charge in [0.05, 0.1) is 18.2 Å². The lowest BCUT2D eigenvalue weighted by molar-refractivity contribution is -0.138. The molecule has 2 aliphatic heterocycles. The Labute approximate surface area is 115 Å². The average Bonchev–Trinajstić information content (AvgIpc) is 2.50. The van der Waals surface area contributed by atoms with Crippen LogP contribution < -0.4 is 0 Å². The fraction of sp³-hybridized carbons (Fsp3) is 0.929. The molecule has 1 unspecified atom stereocenters. The average molecular weight is 270 g/mol. The number of hydrogen-bond acceptors (Lipinski definition) is 4. The van der Waals surface area contributed by atoms with Crippen LogP contribution >= 0.6 is 0 Å². The van der Waals surface area contributed by atoms with Gasteiger partial charge in [-0.05, 0) is 39.7 Å². The summed E-state index contributed by atoms with van der Waals surface area (Å²) < 4.78 is 6.03. The van der Waals surface area contributed by atoms with Crippen molar-refractivity contribution < 1.29 is 14.6 Å². The highest BCUT2D eigenvalue weighted by Gasteiger charge is 2.32. The van der Waals surface area contributed by atoms with Gasteiger partial charge in [0.1, 0.15) is 0 Å². The molecule has 5 heteroatoms. The zero-order chi connectivity index (χ0) is 13.9. The van der Waals surface area contributed by atoms with Gasteiger partial charge in [-0.25, -0.2) is 0 Å². The minimum absolute atomic E-state index is 0.0336. The van der Waals surface area contributed by atoms with Gasteiger partial charge in [-0.2, -0.15) is 0 Å². The lowest BCUT2D eigenvalue weighted by Crippen LogP contribution is -2.37. The van der Waals surface area contributed by atoms with Crippen LogP contribution in [-0.4, -0.2) is 71.8 Å². The highest BCUT2D eigenvalue weighted by atomic mass is 16.5. The molecule has 2 saturated heterocycles. The second-order valence-electron chi connectivity index (χ2n) is 6.36. The van der Waals surface area contributed by atoms with Gasteiger partial charge in [-0.1, -0.05) is 0 Å². The van der Waals surface area contributed by atoms with E-state index in [9.17, 15) is 4.79 Å². The molecule has 0 saturated carbocycles. The Balaban J connectivity index is 1.75. The quantitative estimate of drug-likeness (QED) is 0.827. The fourth-order valence-electron chi connectivity index (χ4n) is 3.05. The summed E-state index contributed by atoms with van der Waals surface area (Å²) in [5, 5.41) is 8.84. The first-order chi connectivity index (χ1) is 8.94. The van der Waals surface area contributed by atoms with Crippen LogP contribution in [0.5, 0.6) is 0 Å². The molecule has 0 aliphatic carbocycles. The third-order valence-electron chi connectivity index (χ3n) is 4.06. The Kier molecular flexibility index (Phi) is 4.81. The molecule has 2 fully saturated rings. The first-order valence-electron chi connectivity index (χ1n) is 7.29. The van der Waals surface area contributed by atoms with Crippen LogP contribution in [0.25, 0.3) is 0 Å². The van der Waals surface area contributed by atoms with Crippen LogP contribution in [0.15, 0.2) is 0 Å². The van der Waals surface area contributed by atoms with E-state index in [0.29, 0.717) is 6.10 Å². The number of ether oxygens (including phenoxy) is 1. The Morgan fingerprint density at radius 3 is 2.58 bits per heavy atom. The van der Waals surface area contributed by atoms with Gasteiger partial charge < -0.3 is 9.84 Å². The molecule has 0 bridgehead atoms. The predicted molar refractivity (Wildman–Crippen MR) is 73.3 cm³/mol. The van der Waals surface area contributed by atoms with Crippen molar-refractivity contribution in [3.05, 3.63) is 0 Å². The topological polar surface area (TPSA) is 53.0 Å². The maximum absolute atomic E-state index is 10.7. The van der Waals surface area contributed by atoms with Crippen molar-refractivity contribution in [3.8, 4) is 0 Å². The van der Waals surface area contributed by atoms with Crippen molar-refractivity contribution in [1.29, 1.82) is 0 Å². The van der Waals surface area contributed by atoms with Crippen LogP contribution in [0.1, 0.15) is 33.1 Å². The predicted octanol–water partition coefficient (Wildman–Crippen LogP) is 1.04. The standard InChI is InChI=1S/C14H26N2O3/c1-14(2)5-4-12(19-14)10-15-6-3-7-16(9-8-15)11-13(17)18/h12H,3-11H2,1-2H3,(H,17,18). The summed E-state index contributed by atoms with van der Waals surface area (Å²) in [6.45, 7) is 9.21. The summed E-state index contributed by atoms with van der Waals surface area (Å²) in [4.78, 5) is 15.2. The third-order valence-corrected chi connectivity index (χ3v) is 4.06. The second-order valence-corrected chi connectivity index (χ2v) is 6.36. The van der Waals surface area contributed by atoms with E-state index in [-0.39, 0.29) is 12.1 Å². The molecule has 0 aromatic rings. The van der Waals surface area contributed by atoms with Crippen molar-refractivity contribution in [2.24, 2.45) is 0 Å². The van der Waals surface area contributed by atoms with Crippen LogP contribution in [-0.2, 0) is 9.53 Å². The van der Waals surface area contributed by atoms with Crippen LogP contribution in [0, 0.1) is 0 Å². The van der Waals surface area contributed by atoms with E-state index in [1.165, 1.54) is 0 Å². The van der Waals surface area contributed by atoms with Gasteiger partial charge in [-0.15, -0.1) is 0 Å². The van der Waals surface area contributed by atoms with Gasteiger partial charge in [0, 0.05) is 26.2 Å². The molecule has 1 atom stereocenters. The highest BCUT2D eigenvalue weighted by molar-refractivity contribution is 5.69. The molecule has 0 radical (unpaired) electrons. The Hall–Kier alpha value is -0.650. The number of aliphatic carboxylic acids is 1. The third kappa shape index (κ3) is 4.75. The van der Waals surface area contributed by atoms with Crippen LogP contribution in [0.3, 0.4) is 0 Å². The minimum atomic E-state index is -0.727. The molecule has 0 spiro atoms. The zero-order valence-corrected chi connectivity index (χ0v) is 12.1. The van der Waals surface area contributed by atoms with Crippen LogP contribution in [0.4, 0.5) is 0 Å². The number of carboxylic acid groups (broad SMARTS) is 1. The first-order valence-corrected chi connectivity index (χ1v) is 7.29. The minimum Gasteiger partial charge on any atom is -0.480 e. The monoisotopic (exact) mass is 270 g/mol. The highest BCUT2D eigenvalue weighted by Crippen LogP contribution is 2.29. The molecular weight excluding hydrogens is 244 g/mol. The van der Waals surface area contributed by atoms with E-state index in [2.05, 4.69) is 18.7 Å². The van der Waals surface area contributed by atoms with Crippen molar-refractivity contribution >= 4 is 5.97 Å². The maximum Gasteiger partial charge on any atom is 0.317 e. The van der Waals surface area contributed by atoms with Gasteiger partial charge in [0.15, 0.2) is 0 Å². The Morgan fingerprint density at radius 1 is 1.26 bits per heavy atom. The number of carboxylic acids is 1. The van der Waals surface area contributed by atoms with Gasteiger partial charge in [-0.3, -0.25) is 14.6 Å². The van der Waals surface area contributed by atoms with Crippen molar-refractivity contribution in [2.75, 3.05) is 39.3 Å². The molecule has 19 heavy (non-hydrogen) atoms. The molecule has 110 valence electrons. The Bertz CT molecular complexity index is 320. The molecule has 5 nitrogen and oxygen atoms in total. The summed E-state index contributed by atoms with van der Waals surface area (Å²) in [5.41, 5.74) is 0.0336. The number of carbonyl (C=O) groups is 1. The zero-order valence-electron chi connectivity index (χ0n) is 12.1. The molecule has 2 aliphatic rings. The Morgan fingerprint density at radius 2 is 1.95 bits per heavy atom. The normalized spacial score (nSPS) is 29.3. The molecule has 2 heterocycles. The van der Waals surface area contributed by atoms with E-state index in [4.69, 9.17) is 9.84 Å². The molecular formula is C14H26N2O3. The van der Waals surface area contributed by atoms with E-state index in [1.807, 2.05) is 4.90 Å². The lowest BCUT2D eigenvalue weighted by atomic mass is 10.1. The largest absolute Gasteiger partial charge is 0.480 e. The second kappa shape index (κ2) is 6.20. The fourth-order valence-corrected chi connectivity index (χ4v) is 3.05. The number of rotatable bonds is 4.